The van der Waals surface area contributed by atoms with Crippen molar-refractivity contribution in [2.45, 2.75) is 62.3 Å². The molecule has 1 aromatic carbocycles. The maximum atomic E-state index is 17.5. The average Bonchev–Trinajstić information content (AvgIpc) is 3.70. The Morgan fingerprint density at radius 1 is 1.15 bits per heavy atom. The van der Waals surface area contributed by atoms with E-state index < -0.39 is 58.2 Å². The van der Waals surface area contributed by atoms with Crippen molar-refractivity contribution in [1.82, 2.24) is 24.3 Å². The standard InChI is InChI=1S/C36H33F4N9O3S/c1-18(37)33(50)48-12-11-46(16-21(48)7-9-41)32-26-28(44-35(45-32)52-17-36-8-2-10-47(36)15-19(38)13-36)27(40)29(49(34(26)51)20-3-4-20)22-5-6-24(39)30-25(22)23(14-42)31(43)53-30/h5-6,19-21H,1-4,7-8,10-13,15-17,43H2/t19-,21+,36?/m1/s1. The molecule has 4 fully saturated rings. The second-order valence-corrected chi connectivity index (χ2v) is 15.2. The van der Waals surface area contributed by atoms with Crippen LogP contribution in [-0.4, -0.2) is 87.3 Å². The summed E-state index contributed by atoms with van der Waals surface area (Å²) in [5.41, 5.74) is 4.29. The van der Waals surface area contributed by atoms with Crippen LogP contribution in [0.15, 0.2) is 29.3 Å². The van der Waals surface area contributed by atoms with Crippen LogP contribution in [0.4, 0.5) is 28.4 Å². The second-order valence-electron chi connectivity index (χ2n) is 14.1. The predicted octanol–water partition coefficient (Wildman–Crippen LogP) is 5.11. The van der Waals surface area contributed by atoms with Gasteiger partial charge in [0.2, 0.25) is 0 Å². The molecule has 53 heavy (non-hydrogen) atoms. The van der Waals surface area contributed by atoms with Crippen molar-refractivity contribution in [1.29, 1.82) is 10.5 Å². The number of hydrogen-bond donors (Lipinski definition) is 1. The van der Waals surface area contributed by atoms with E-state index in [9.17, 15) is 28.9 Å². The number of thiophene rings is 1. The Labute approximate surface area is 304 Å². The monoisotopic (exact) mass is 747 g/mol. The molecule has 3 saturated heterocycles. The SMILES string of the molecule is C=C(F)C(=O)N1CCN(c2nc(OCC34CCCN3C[C@H](F)C4)nc3c(F)c(-c4ccc(F)c5sc(N)c(C#N)c45)n(C4CC4)c(=O)c23)C[C@@H]1CC#N. The summed E-state index contributed by atoms with van der Waals surface area (Å²) in [5, 5.41) is 19.5. The van der Waals surface area contributed by atoms with Crippen LogP contribution in [-0.2, 0) is 4.79 Å². The lowest BCUT2D eigenvalue weighted by molar-refractivity contribution is -0.131. The van der Waals surface area contributed by atoms with Crippen LogP contribution in [0.25, 0.3) is 32.2 Å². The van der Waals surface area contributed by atoms with Gasteiger partial charge >= 0.3 is 6.01 Å². The number of pyridine rings is 1. The molecule has 1 aliphatic carbocycles. The summed E-state index contributed by atoms with van der Waals surface area (Å²) in [5.74, 6) is -3.76. The van der Waals surface area contributed by atoms with Gasteiger partial charge in [0.05, 0.1) is 40.0 Å². The van der Waals surface area contributed by atoms with Crippen molar-refractivity contribution >= 4 is 49.1 Å². The smallest absolute Gasteiger partial charge is 0.319 e. The summed E-state index contributed by atoms with van der Waals surface area (Å²) in [4.78, 5) is 41.4. The zero-order valence-electron chi connectivity index (χ0n) is 28.4. The highest BCUT2D eigenvalue weighted by atomic mass is 32.1. The molecule has 0 bridgehead atoms. The number of nitrogen functional groups attached to an aromatic ring is 1. The highest BCUT2D eigenvalue weighted by Crippen LogP contribution is 2.46. The molecule has 4 aliphatic rings. The quantitative estimate of drug-likeness (QED) is 0.190. The van der Waals surface area contributed by atoms with Crippen molar-refractivity contribution in [2.24, 2.45) is 0 Å². The van der Waals surface area contributed by atoms with Gasteiger partial charge in [-0.2, -0.15) is 20.5 Å². The van der Waals surface area contributed by atoms with E-state index in [0.29, 0.717) is 25.8 Å². The minimum absolute atomic E-state index is 0.00221. The first-order valence-electron chi connectivity index (χ1n) is 17.3. The third-order valence-corrected chi connectivity index (χ3v) is 11.9. The van der Waals surface area contributed by atoms with Crippen LogP contribution in [0.1, 0.15) is 50.1 Å². The number of aromatic nitrogens is 3. The highest BCUT2D eigenvalue weighted by Gasteiger charge is 2.49. The first-order chi connectivity index (χ1) is 25.5. The highest BCUT2D eigenvalue weighted by molar-refractivity contribution is 7.23. The molecule has 1 amide bonds. The van der Waals surface area contributed by atoms with Crippen molar-refractivity contribution in [3.8, 4) is 29.4 Å². The molecule has 3 aliphatic heterocycles. The van der Waals surface area contributed by atoms with E-state index >= 15 is 8.78 Å². The van der Waals surface area contributed by atoms with E-state index in [2.05, 4.69) is 16.5 Å². The van der Waals surface area contributed by atoms with E-state index in [4.69, 9.17) is 10.5 Å². The number of hydrogen-bond acceptors (Lipinski definition) is 11. The first kappa shape index (κ1) is 34.8. The van der Waals surface area contributed by atoms with Gasteiger partial charge in [0.15, 0.2) is 11.6 Å². The number of ether oxygens (including phenoxy) is 1. The summed E-state index contributed by atoms with van der Waals surface area (Å²) in [6, 6.07) is 4.92. The Morgan fingerprint density at radius 3 is 2.66 bits per heavy atom. The average molecular weight is 748 g/mol. The van der Waals surface area contributed by atoms with Crippen LogP contribution in [0, 0.1) is 34.3 Å². The minimum Gasteiger partial charge on any atom is -0.461 e. The van der Waals surface area contributed by atoms with Crippen LogP contribution < -0.4 is 20.9 Å². The van der Waals surface area contributed by atoms with Gasteiger partial charge in [-0.05, 0) is 44.4 Å². The number of rotatable bonds is 8. The topological polar surface area (TPSA) is 157 Å². The number of nitrogens with zero attached hydrogens (tertiary/aromatic N) is 8. The Morgan fingerprint density at radius 2 is 1.94 bits per heavy atom. The summed E-state index contributed by atoms with van der Waals surface area (Å²) in [7, 11) is 0. The van der Waals surface area contributed by atoms with E-state index in [0.717, 1.165) is 23.8 Å². The van der Waals surface area contributed by atoms with Gasteiger partial charge in [-0.25, -0.2) is 17.6 Å². The number of nitriles is 2. The summed E-state index contributed by atoms with van der Waals surface area (Å²) < 4.78 is 68.7. The fraction of sp³-hybridized carbons (Fsp3) is 0.444. The Hall–Kier alpha value is -5.26. The van der Waals surface area contributed by atoms with Gasteiger partial charge in [0.1, 0.15) is 46.4 Å². The van der Waals surface area contributed by atoms with Crippen molar-refractivity contribution in [3.05, 3.63) is 52.1 Å². The largest absolute Gasteiger partial charge is 0.461 e. The zero-order chi connectivity index (χ0) is 37.3. The molecule has 12 nitrogen and oxygen atoms in total. The first-order valence-corrected chi connectivity index (χ1v) is 18.1. The third-order valence-electron chi connectivity index (χ3n) is 10.9. The molecule has 0 radical (unpaired) electrons. The van der Waals surface area contributed by atoms with Crippen LogP contribution in [0.5, 0.6) is 6.01 Å². The third kappa shape index (κ3) is 5.64. The molecule has 3 aromatic heterocycles. The summed E-state index contributed by atoms with van der Waals surface area (Å²) in [6.07, 6.45) is 1.63. The van der Waals surface area contributed by atoms with E-state index in [1.165, 1.54) is 15.5 Å². The van der Waals surface area contributed by atoms with Gasteiger partial charge in [-0.1, -0.05) is 6.58 Å². The van der Waals surface area contributed by atoms with E-state index in [-0.39, 0.29) is 94.8 Å². The number of alkyl halides is 1. The zero-order valence-corrected chi connectivity index (χ0v) is 29.2. The molecule has 0 spiro atoms. The van der Waals surface area contributed by atoms with Crippen LogP contribution in [0.3, 0.4) is 0 Å². The lowest BCUT2D eigenvalue weighted by atomic mass is 9.95. The lowest BCUT2D eigenvalue weighted by Crippen LogP contribution is -2.55. The summed E-state index contributed by atoms with van der Waals surface area (Å²) in [6.45, 7) is 3.98. The predicted molar refractivity (Wildman–Crippen MR) is 189 cm³/mol. The van der Waals surface area contributed by atoms with E-state index in [1.54, 1.807) is 4.90 Å². The van der Waals surface area contributed by atoms with Gasteiger partial charge < -0.3 is 24.8 Å². The van der Waals surface area contributed by atoms with Gasteiger partial charge in [-0.3, -0.25) is 14.5 Å². The molecule has 1 saturated carbocycles. The second kappa shape index (κ2) is 13.0. The molecular weight excluding hydrogens is 715 g/mol. The Kier molecular flexibility index (Phi) is 8.54. The normalized spacial score (nSPS) is 23.0. The Balaban J connectivity index is 1.33. The fourth-order valence-corrected chi connectivity index (χ4v) is 9.29. The van der Waals surface area contributed by atoms with Crippen molar-refractivity contribution < 1.29 is 27.1 Å². The number of amides is 1. The number of halogens is 4. The molecule has 6 heterocycles. The van der Waals surface area contributed by atoms with Crippen molar-refractivity contribution in [2.75, 3.05) is 50.0 Å². The maximum absolute atomic E-state index is 17.5. The number of carbonyl (C=O) groups is 1. The molecule has 1 unspecified atom stereocenters. The lowest BCUT2D eigenvalue weighted by Gasteiger charge is -2.41. The molecule has 4 aromatic rings. The molecule has 3 atom stereocenters. The minimum atomic E-state index is -1.18. The van der Waals surface area contributed by atoms with Gasteiger partial charge in [0, 0.05) is 49.6 Å². The fourth-order valence-electron chi connectivity index (χ4n) is 8.34. The molecular formula is C36H33F4N9O3S. The molecule has 17 heteroatoms. The molecule has 274 valence electrons. The van der Waals surface area contributed by atoms with Crippen molar-refractivity contribution in [3.63, 3.8) is 0 Å². The van der Waals surface area contributed by atoms with Crippen LogP contribution >= 0.6 is 11.3 Å². The van der Waals surface area contributed by atoms with Gasteiger partial charge in [0.25, 0.3) is 11.5 Å². The van der Waals surface area contributed by atoms with Crippen LogP contribution in [0.2, 0.25) is 0 Å². The Bertz CT molecular complexity index is 2370. The van der Waals surface area contributed by atoms with Gasteiger partial charge in [-0.15, -0.1) is 11.3 Å². The number of nitrogens with two attached hydrogens (primary N) is 1. The maximum Gasteiger partial charge on any atom is 0.319 e. The summed E-state index contributed by atoms with van der Waals surface area (Å²) >= 11 is 0.847. The number of benzene rings is 1. The number of carbonyl (C=O) groups excluding carboxylic acids is 1. The van der Waals surface area contributed by atoms with E-state index in [1.807, 2.05) is 17.0 Å². The molecule has 2 N–H and O–H groups in total. The molecule has 8 rings (SSSR count). The number of piperazine rings is 1. The number of anilines is 2. The number of fused-ring (bicyclic) bond motifs is 3.